The lowest BCUT2D eigenvalue weighted by Gasteiger charge is -2.09. The van der Waals surface area contributed by atoms with E-state index in [1.807, 2.05) is 13.8 Å². The van der Waals surface area contributed by atoms with Crippen LogP contribution in [0.5, 0.6) is 0 Å². The summed E-state index contributed by atoms with van der Waals surface area (Å²) in [5, 5.41) is 0. The molecule has 1 aliphatic heterocycles. The van der Waals surface area contributed by atoms with Crippen LogP contribution in [0, 0.1) is 0 Å². The molecule has 0 spiro atoms. The first kappa shape index (κ1) is 7.92. The molecule has 0 aliphatic carbocycles. The van der Waals surface area contributed by atoms with Gasteiger partial charge in [-0.15, -0.1) is 0 Å². The van der Waals surface area contributed by atoms with Crippen molar-refractivity contribution in [1.29, 1.82) is 0 Å². The topological polar surface area (TPSA) is 18.5 Å². The van der Waals surface area contributed by atoms with Gasteiger partial charge in [0.1, 0.15) is 0 Å². The van der Waals surface area contributed by atoms with Crippen molar-refractivity contribution in [1.82, 2.24) is 0 Å². The van der Waals surface area contributed by atoms with Gasteiger partial charge in [-0.05, 0) is 0 Å². The summed E-state index contributed by atoms with van der Waals surface area (Å²) >= 11 is 0. The molecule has 0 radical (unpaired) electrons. The van der Waals surface area contributed by atoms with Crippen molar-refractivity contribution in [3.8, 4) is 0 Å². The van der Waals surface area contributed by atoms with E-state index in [1.54, 1.807) is 0 Å². The highest BCUT2D eigenvalue weighted by atomic mass is 16.6. The second-order valence-corrected chi connectivity index (χ2v) is 1.22. The molecule has 1 fully saturated rings. The standard InChI is InChI=1S/C4H8O2.C2H6/c1-2-6-4-3-5-1;1-2/h1-4H2;1-2H3. The van der Waals surface area contributed by atoms with Gasteiger partial charge in [0, 0.05) is 0 Å². The van der Waals surface area contributed by atoms with Crippen LogP contribution in [0.15, 0.2) is 0 Å². The van der Waals surface area contributed by atoms with Gasteiger partial charge in [-0.1, -0.05) is 13.8 Å². The van der Waals surface area contributed by atoms with Crippen LogP contribution in [-0.4, -0.2) is 26.4 Å². The summed E-state index contributed by atoms with van der Waals surface area (Å²) in [5.41, 5.74) is 0. The lowest BCUT2D eigenvalue weighted by Crippen LogP contribution is -2.16. The van der Waals surface area contributed by atoms with Crippen molar-refractivity contribution in [2.24, 2.45) is 0 Å². The van der Waals surface area contributed by atoms with Crippen molar-refractivity contribution in [3.05, 3.63) is 0 Å². The third-order valence-electron chi connectivity index (χ3n) is 0.744. The molecule has 0 atom stereocenters. The van der Waals surface area contributed by atoms with Gasteiger partial charge in [-0.2, -0.15) is 0 Å². The fourth-order valence-corrected chi connectivity index (χ4v) is 0.440. The molecule has 2 heteroatoms. The van der Waals surface area contributed by atoms with Gasteiger partial charge in [0.05, 0.1) is 26.4 Å². The monoisotopic (exact) mass is 118 g/mol. The van der Waals surface area contributed by atoms with Crippen molar-refractivity contribution < 1.29 is 9.47 Å². The Hall–Kier alpha value is -0.0800. The predicted molar refractivity (Wildman–Crippen MR) is 33.0 cm³/mol. The highest BCUT2D eigenvalue weighted by Gasteiger charge is 1.94. The molecule has 0 unspecified atom stereocenters. The van der Waals surface area contributed by atoms with E-state index in [0.717, 1.165) is 26.4 Å². The van der Waals surface area contributed by atoms with Crippen molar-refractivity contribution in [2.75, 3.05) is 26.4 Å². The van der Waals surface area contributed by atoms with E-state index < -0.39 is 0 Å². The fraction of sp³-hybridized carbons (Fsp3) is 1.00. The zero-order chi connectivity index (χ0) is 6.24. The van der Waals surface area contributed by atoms with Crippen LogP contribution in [0.4, 0.5) is 0 Å². The second kappa shape index (κ2) is 6.92. The Kier molecular flexibility index (Phi) is 6.85. The molecule has 8 heavy (non-hydrogen) atoms. The molecule has 2 nitrogen and oxygen atoms in total. The first-order chi connectivity index (χ1) is 4.00. The molecule has 0 aromatic rings. The largest absolute Gasteiger partial charge is 0.377 e. The Morgan fingerprint density at radius 1 is 0.750 bits per heavy atom. The van der Waals surface area contributed by atoms with Crippen LogP contribution in [0.2, 0.25) is 0 Å². The van der Waals surface area contributed by atoms with Crippen LogP contribution >= 0.6 is 0 Å². The lowest BCUT2D eigenvalue weighted by atomic mass is 10.6. The first-order valence-electron chi connectivity index (χ1n) is 3.15. The van der Waals surface area contributed by atoms with E-state index in [2.05, 4.69) is 0 Å². The zero-order valence-corrected chi connectivity index (χ0v) is 5.64. The molecule has 0 aromatic heterocycles. The van der Waals surface area contributed by atoms with Gasteiger partial charge in [0.15, 0.2) is 0 Å². The first-order valence-corrected chi connectivity index (χ1v) is 3.15. The second-order valence-electron chi connectivity index (χ2n) is 1.22. The van der Waals surface area contributed by atoms with E-state index in [1.165, 1.54) is 0 Å². The fourth-order valence-electron chi connectivity index (χ4n) is 0.440. The summed E-state index contributed by atoms with van der Waals surface area (Å²) in [4.78, 5) is 0. The minimum atomic E-state index is 0.778. The Morgan fingerprint density at radius 3 is 1.12 bits per heavy atom. The van der Waals surface area contributed by atoms with E-state index in [0.29, 0.717) is 0 Å². The van der Waals surface area contributed by atoms with E-state index in [-0.39, 0.29) is 0 Å². The highest BCUT2D eigenvalue weighted by Crippen LogP contribution is 1.85. The maximum Gasteiger partial charge on any atom is 0.0701 e. The number of ether oxygens (including phenoxy) is 2. The van der Waals surface area contributed by atoms with Gasteiger partial charge < -0.3 is 9.47 Å². The minimum Gasteiger partial charge on any atom is -0.377 e. The Labute approximate surface area is 50.8 Å². The maximum absolute atomic E-state index is 4.94. The molecule has 0 saturated carbocycles. The Balaban J connectivity index is 0.000000222. The Morgan fingerprint density at radius 2 is 1.00 bits per heavy atom. The average molecular weight is 118 g/mol. The molecule has 50 valence electrons. The van der Waals surface area contributed by atoms with Gasteiger partial charge in [-0.25, -0.2) is 0 Å². The van der Waals surface area contributed by atoms with E-state index in [9.17, 15) is 0 Å². The molecule has 0 aromatic carbocycles. The smallest absolute Gasteiger partial charge is 0.0701 e. The highest BCUT2D eigenvalue weighted by molar-refractivity contribution is 4.37. The van der Waals surface area contributed by atoms with Gasteiger partial charge in [0.2, 0.25) is 0 Å². The van der Waals surface area contributed by atoms with E-state index >= 15 is 0 Å². The molecular weight excluding hydrogens is 104 g/mol. The zero-order valence-electron chi connectivity index (χ0n) is 5.64. The number of rotatable bonds is 0. The number of hydrogen-bond donors (Lipinski definition) is 0. The van der Waals surface area contributed by atoms with Crippen molar-refractivity contribution >= 4 is 0 Å². The molecule has 0 N–H and O–H groups in total. The SMILES string of the molecule is C1COCCO1.CC. The minimum absolute atomic E-state index is 0.778. The molecule has 1 aliphatic rings. The third-order valence-corrected chi connectivity index (χ3v) is 0.744. The van der Waals surface area contributed by atoms with Crippen LogP contribution in [-0.2, 0) is 9.47 Å². The van der Waals surface area contributed by atoms with Crippen LogP contribution in [0.1, 0.15) is 13.8 Å². The molecule has 1 heterocycles. The van der Waals surface area contributed by atoms with Crippen LogP contribution < -0.4 is 0 Å². The Bertz CT molecular complexity index is 22.0. The summed E-state index contributed by atoms with van der Waals surface area (Å²) in [6.45, 7) is 7.11. The lowest BCUT2D eigenvalue weighted by molar-refractivity contribution is -0.0334. The molecule has 0 bridgehead atoms. The van der Waals surface area contributed by atoms with Crippen LogP contribution in [0.3, 0.4) is 0 Å². The molecule has 1 saturated heterocycles. The quantitative estimate of drug-likeness (QED) is 0.473. The molecule has 1 rings (SSSR count). The summed E-state index contributed by atoms with van der Waals surface area (Å²) < 4.78 is 9.89. The van der Waals surface area contributed by atoms with E-state index in [4.69, 9.17) is 9.47 Å². The summed E-state index contributed by atoms with van der Waals surface area (Å²) in [5.74, 6) is 0. The van der Waals surface area contributed by atoms with Gasteiger partial charge in [-0.3, -0.25) is 0 Å². The third kappa shape index (κ3) is 4.09. The van der Waals surface area contributed by atoms with Crippen LogP contribution in [0.25, 0.3) is 0 Å². The summed E-state index contributed by atoms with van der Waals surface area (Å²) in [6, 6.07) is 0. The normalized spacial score (nSPS) is 18.8. The summed E-state index contributed by atoms with van der Waals surface area (Å²) in [6.07, 6.45) is 0. The molecule has 0 amide bonds. The van der Waals surface area contributed by atoms with Gasteiger partial charge in [0.25, 0.3) is 0 Å². The number of hydrogen-bond acceptors (Lipinski definition) is 2. The molecular formula is C6H14O2. The summed E-state index contributed by atoms with van der Waals surface area (Å²) in [7, 11) is 0. The predicted octanol–water partition coefficient (Wildman–Crippen LogP) is 1.06. The van der Waals surface area contributed by atoms with Crippen molar-refractivity contribution in [3.63, 3.8) is 0 Å². The van der Waals surface area contributed by atoms with Crippen molar-refractivity contribution in [2.45, 2.75) is 13.8 Å². The average Bonchev–Trinajstić information content (AvgIpc) is 1.96. The maximum atomic E-state index is 4.94. The van der Waals surface area contributed by atoms with Gasteiger partial charge >= 0.3 is 0 Å².